The summed E-state index contributed by atoms with van der Waals surface area (Å²) < 4.78 is 49.6. The van der Waals surface area contributed by atoms with Gasteiger partial charge in [0.2, 0.25) is 0 Å². The standard InChI is InChI=1S/C28H32F3N3O3/c1-16(28(35)36)13-34-17(2)9-21-20-5-3-4-6-24(20)32-26(21)27(34)25-22(30)10-19(11-23(25)31)37-8-7-33-14-18(12-29)15-33/h3-6,10-11,16-18,27,32H,7-9,12-15H2,1-2H3,(H,35,36)/t16-,17+,27+/m0/s1. The number of para-hydroxylation sites is 1. The lowest BCUT2D eigenvalue weighted by Gasteiger charge is -2.42. The van der Waals surface area contributed by atoms with E-state index in [4.69, 9.17) is 4.74 Å². The molecule has 0 aliphatic carbocycles. The lowest BCUT2D eigenvalue weighted by Crippen LogP contribution is -2.49. The highest BCUT2D eigenvalue weighted by atomic mass is 19.1. The molecule has 2 N–H and O–H groups in total. The van der Waals surface area contributed by atoms with E-state index in [0.29, 0.717) is 31.7 Å². The molecule has 9 heteroatoms. The van der Waals surface area contributed by atoms with Gasteiger partial charge in [-0.05, 0) is 25.0 Å². The van der Waals surface area contributed by atoms with E-state index < -0.39 is 29.6 Å². The summed E-state index contributed by atoms with van der Waals surface area (Å²) in [4.78, 5) is 19.0. The van der Waals surface area contributed by atoms with Crippen LogP contribution in [-0.2, 0) is 11.2 Å². The molecule has 3 atom stereocenters. The molecule has 5 rings (SSSR count). The number of nitrogens with zero attached hydrogens (tertiary/aromatic N) is 2. The van der Waals surface area contributed by atoms with Crippen LogP contribution in [0.15, 0.2) is 36.4 Å². The van der Waals surface area contributed by atoms with E-state index in [9.17, 15) is 14.3 Å². The molecule has 1 saturated heterocycles. The lowest BCUT2D eigenvalue weighted by molar-refractivity contribution is -0.142. The van der Waals surface area contributed by atoms with Crippen molar-refractivity contribution in [3.63, 3.8) is 0 Å². The second kappa shape index (κ2) is 10.4. The van der Waals surface area contributed by atoms with Crippen molar-refractivity contribution >= 4 is 16.9 Å². The van der Waals surface area contributed by atoms with Crippen LogP contribution in [0.4, 0.5) is 13.2 Å². The Balaban J connectivity index is 1.47. The number of H-pyrrole nitrogens is 1. The highest BCUT2D eigenvalue weighted by molar-refractivity contribution is 5.85. The Kier molecular flexibility index (Phi) is 7.18. The molecule has 0 spiro atoms. The van der Waals surface area contributed by atoms with Crippen molar-refractivity contribution in [2.75, 3.05) is 39.5 Å². The first-order valence-corrected chi connectivity index (χ1v) is 12.7. The first-order chi connectivity index (χ1) is 17.8. The van der Waals surface area contributed by atoms with Gasteiger partial charge in [-0.15, -0.1) is 0 Å². The molecule has 6 nitrogen and oxygen atoms in total. The van der Waals surface area contributed by atoms with Gasteiger partial charge in [-0.1, -0.05) is 25.1 Å². The minimum absolute atomic E-state index is 0.0633. The normalized spacial score (nSPS) is 21.5. The zero-order valence-corrected chi connectivity index (χ0v) is 21.0. The van der Waals surface area contributed by atoms with Gasteiger partial charge in [0.1, 0.15) is 24.0 Å². The van der Waals surface area contributed by atoms with E-state index in [0.717, 1.165) is 16.5 Å². The number of alkyl halides is 1. The Morgan fingerprint density at radius 2 is 1.92 bits per heavy atom. The van der Waals surface area contributed by atoms with Crippen LogP contribution in [0.1, 0.15) is 36.7 Å². The molecule has 0 bridgehead atoms. The highest BCUT2D eigenvalue weighted by Gasteiger charge is 2.40. The van der Waals surface area contributed by atoms with Crippen molar-refractivity contribution < 1.29 is 27.8 Å². The first-order valence-electron chi connectivity index (χ1n) is 12.7. The third-order valence-electron chi connectivity index (χ3n) is 7.68. The SMILES string of the molecule is C[C@@H]1Cc2c([nH]c3ccccc23)[C@@H](c2c(F)cc(OCCN3CC(CF)C3)cc2F)N1C[C@H](C)C(=O)O. The van der Waals surface area contributed by atoms with Crippen molar-refractivity contribution in [3.05, 3.63) is 64.9 Å². The molecule has 2 aliphatic heterocycles. The van der Waals surface area contributed by atoms with Gasteiger partial charge in [-0.25, -0.2) is 8.78 Å². The number of halogens is 3. The van der Waals surface area contributed by atoms with Crippen molar-refractivity contribution in [3.8, 4) is 5.75 Å². The number of hydrogen-bond acceptors (Lipinski definition) is 4. The number of aliphatic carboxylic acids is 1. The summed E-state index contributed by atoms with van der Waals surface area (Å²) in [5.74, 6) is -3.01. The summed E-state index contributed by atoms with van der Waals surface area (Å²) in [5.41, 5.74) is 2.42. The van der Waals surface area contributed by atoms with Gasteiger partial charge in [-0.2, -0.15) is 0 Å². The van der Waals surface area contributed by atoms with E-state index in [2.05, 4.69) is 4.98 Å². The number of likely N-dealkylation sites (tertiary alicyclic amines) is 1. The minimum Gasteiger partial charge on any atom is -0.492 e. The number of carbonyl (C=O) groups is 1. The molecule has 0 unspecified atom stereocenters. The maximum absolute atomic E-state index is 15.7. The molecule has 198 valence electrons. The van der Waals surface area contributed by atoms with Crippen molar-refractivity contribution in [1.29, 1.82) is 0 Å². The van der Waals surface area contributed by atoms with Crippen LogP contribution in [0.25, 0.3) is 10.9 Å². The fourth-order valence-corrected chi connectivity index (χ4v) is 5.65. The van der Waals surface area contributed by atoms with Gasteiger partial charge in [0.25, 0.3) is 0 Å². The quantitative estimate of drug-likeness (QED) is 0.429. The van der Waals surface area contributed by atoms with Crippen LogP contribution in [0, 0.1) is 23.5 Å². The van der Waals surface area contributed by atoms with Gasteiger partial charge in [0.15, 0.2) is 0 Å². The number of carboxylic acids is 1. The molecule has 1 fully saturated rings. The maximum Gasteiger partial charge on any atom is 0.307 e. The Morgan fingerprint density at radius 1 is 1.22 bits per heavy atom. The summed E-state index contributed by atoms with van der Waals surface area (Å²) >= 11 is 0. The largest absolute Gasteiger partial charge is 0.492 e. The van der Waals surface area contributed by atoms with Crippen LogP contribution >= 0.6 is 0 Å². The monoisotopic (exact) mass is 515 g/mol. The number of carboxylic acid groups (broad SMARTS) is 1. The van der Waals surface area contributed by atoms with E-state index in [1.54, 1.807) is 6.92 Å². The zero-order chi connectivity index (χ0) is 26.3. The maximum atomic E-state index is 15.7. The van der Waals surface area contributed by atoms with Crippen molar-refractivity contribution in [1.82, 2.24) is 14.8 Å². The fourth-order valence-electron chi connectivity index (χ4n) is 5.65. The molecule has 0 radical (unpaired) electrons. The predicted molar refractivity (Wildman–Crippen MR) is 135 cm³/mol. The van der Waals surface area contributed by atoms with Gasteiger partial charge in [0.05, 0.1) is 18.6 Å². The zero-order valence-electron chi connectivity index (χ0n) is 21.0. The number of nitrogens with one attached hydrogen (secondary N) is 1. The molecule has 0 saturated carbocycles. The second-order valence-corrected chi connectivity index (χ2v) is 10.4. The molecular formula is C28H32F3N3O3. The summed E-state index contributed by atoms with van der Waals surface area (Å²) in [5, 5.41) is 10.6. The number of aromatic nitrogens is 1. The second-order valence-electron chi connectivity index (χ2n) is 10.4. The van der Waals surface area contributed by atoms with Crippen LogP contribution in [0.2, 0.25) is 0 Å². The summed E-state index contributed by atoms with van der Waals surface area (Å²) in [6, 6.07) is 9.18. The topological polar surface area (TPSA) is 68.8 Å². The minimum atomic E-state index is -0.960. The molecule has 3 aromatic rings. The van der Waals surface area contributed by atoms with Crippen LogP contribution in [-0.4, -0.2) is 71.4 Å². The van der Waals surface area contributed by atoms with Crippen molar-refractivity contribution in [2.24, 2.45) is 11.8 Å². The predicted octanol–water partition coefficient (Wildman–Crippen LogP) is 4.78. The molecule has 37 heavy (non-hydrogen) atoms. The number of ether oxygens (including phenoxy) is 1. The number of fused-ring (bicyclic) bond motifs is 3. The Bertz CT molecular complexity index is 1270. The van der Waals surface area contributed by atoms with Gasteiger partial charge in [0, 0.05) is 72.4 Å². The average molecular weight is 516 g/mol. The van der Waals surface area contributed by atoms with Gasteiger partial charge in [-0.3, -0.25) is 19.0 Å². The van der Waals surface area contributed by atoms with E-state index in [-0.39, 0.29) is 43.1 Å². The fraction of sp³-hybridized carbons (Fsp3) is 0.464. The number of aromatic amines is 1. The van der Waals surface area contributed by atoms with E-state index in [1.165, 1.54) is 12.1 Å². The molecule has 1 aromatic heterocycles. The Morgan fingerprint density at radius 3 is 2.59 bits per heavy atom. The smallest absolute Gasteiger partial charge is 0.307 e. The van der Waals surface area contributed by atoms with E-state index >= 15 is 8.78 Å². The van der Waals surface area contributed by atoms with Crippen LogP contribution in [0.5, 0.6) is 5.75 Å². The molecule has 0 amide bonds. The van der Waals surface area contributed by atoms with Crippen LogP contribution < -0.4 is 4.74 Å². The lowest BCUT2D eigenvalue weighted by atomic mass is 9.87. The highest BCUT2D eigenvalue weighted by Crippen LogP contribution is 2.43. The molecule has 2 aliphatic rings. The third-order valence-corrected chi connectivity index (χ3v) is 7.68. The van der Waals surface area contributed by atoms with Gasteiger partial charge >= 0.3 is 5.97 Å². The Hall–Kier alpha value is -3.04. The summed E-state index contributed by atoms with van der Waals surface area (Å²) in [7, 11) is 0. The number of hydrogen-bond donors (Lipinski definition) is 2. The summed E-state index contributed by atoms with van der Waals surface area (Å²) in [6.45, 7) is 5.50. The molecular weight excluding hydrogens is 483 g/mol. The van der Waals surface area contributed by atoms with E-state index in [1.807, 2.05) is 41.0 Å². The Labute approximate surface area is 214 Å². The third kappa shape index (κ3) is 4.94. The van der Waals surface area contributed by atoms with Crippen molar-refractivity contribution in [2.45, 2.75) is 32.4 Å². The molecule has 2 aromatic carbocycles. The molecule has 3 heterocycles. The number of rotatable bonds is 9. The first kappa shape index (κ1) is 25.6. The van der Waals surface area contributed by atoms with Crippen LogP contribution in [0.3, 0.4) is 0 Å². The number of benzene rings is 2. The average Bonchev–Trinajstić information content (AvgIpc) is 3.19. The summed E-state index contributed by atoms with van der Waals surface area (Å²) in [6.07, 6.45) is 0.631. The van der Waals surface area contributed by atoms with Gasteiger partial charge < -0.3 is 14.8 Å².